The maximum absolute atomic E-state index is 11.2. The predicted octanol–water partition coefficient (Wildman–Crippen LogP) is -0.829. The fourth-order valence-corrected chi connectivity index (χ4v) is 3.03. The smallest absolute Gasteiger partial charge is 0.224 e. The van der Waals surface area contributed by atoms with E-state index in [4.69, 9.17) is 6.42 Å². The zero-order valence-corrected chi connectivity index (χ0v) is 7.93. The number of carbonyl (C=O) groups is 1. The number of nitrogens with one attached hydrogen (secondary N) is 1. The fraction of sp³-hybridized carbons (Fsp3) is 0.625. The minimum absolute atomic E-state index is 0.0383. The zero-order valence-electron chi connectivity index (χ0n) is 7.12. The summed E-state index contributed by atoms with van der Waals surface area (Å²) in [6.45, 7) is 0.162. The molecule has 1 rings (SSSR count). The van der Waals surface area contributed by atoms with Crippen LogP contribution in [0.25, 0.3) is 0 Å². The van der Waals surface area contributed by atoms with E-state index in [9.17, 15) is 13.2 Å². The number of hydrogen-bond acceptors (Lipinski definition) is 3. The van der Waals surface area contributed by atoms with Crippen LogP contribution in [-0.4, -0.2) is 32.4 Å². The van der Waals surface area contributed by atoms with Crippen molar-refractivity contribution in [1.29, 1.82) is 0 Å². The van der Waals surface area contributed by atoms with E-state index in [-0.39, 0.29) is 24.0 Å². The van der Waals surface area contributed by atoms with Crippen molar-refractivity contribution in [3.8, 4) is 12.3 Å². The molecule has 4 nitrogen and oxygen atoms in total. The molecule has 1 aliphatic rings. The highest BCUT2D eigenvalue weighted by Gasteiger charge is 2.32. The lowest BCUT2D eigenvalue weighted by atomic mass is 10.1. The van der Waals surface area contributed by atoms with Crippen molar-refractivity contribution >= 4 is 15.7 Å². The van der Waals surface area contributed by atoms with Crippen LogP contribution in [-0.2, 0) is 14.6 Å². The molecule has 72 valence electrons. The highest BCUT2D eigenvalue weighted by molar-refractivity contribution is 7.91. The molecule has 0 radical (unpaired) electrons. The van der Waals surface area contributed by atoms with Crippen LogP contribution in [0.3, 0.4) is 0 Å². The molecular formula is C8H11NO3S. The van der Waals surface area contributed by atoms with Gasteiger partial charge in [0.2, 0.25) is 5.91 Å². The normalized spacial score (nSPS) is 25.0. The Bertz CT molecular complexity index is 339. The van der Waals surface area contributed by atoms with Crippen LogP contribution < -0.4 is 5.32 Å². The van der Waals surface area contributed by atoms with Crippen LogP contribution in [0.5, 0.6) is 0 Å². The standard InChI is InChI=1S/C8H11NO3S/c1-2-4-9-8(10)7-3-5-13(11,12)6-7/h1,7H,3-6H2,(H,9,10). The molecule has 5 heteroatoms. The summed E-state index contributed by atoms with van der Waals surface area (Å²) in [5.74, 6) is 1.68. The maximum atomic E-state index is 11.2. The quantitative estimate of drug-likeness (QED) is 0.593. The summed E-state index contributed by atoms with van der Waals surface area (Å²) in [6, 6.07) is 0. The van der Waals surface area contributed by atoms with Gasteiger partial charge in [-0.2, -0.15) is 0 Å². The third-order valence-electron chi connectivity index (χ3n) is 1.97. The molecule has 1 unspecified atom stereocenters. The Morgan fingerprint density at radius 2 is 2.31 bits per heavy atom. The largest absolute Gasteiger partial charge is 0.345 e. The monoisotopic (exact) mass is 201 g/mol. The first-order valence-corrected chi connectivity index (χ1v) is 5.79. The first kappa shape index (κ1) is 10.1. The molecule has 1 heterocycles. The van der Waals surface area contributed by atoms with Crippen LogP contribution in [0.2, 0.25) is 0 Å². The number of sulfone groups is 1. The lowest BCUT2D eigenvalue weighted by molar-refractivity contribution is -0.123. The number of rotatable bonds is 2. The molecule has 1 atom stereocenters. The third kappa shape index (κ3) is 2.74. The van der Waals surface area contributed by atoms with E-state index >= 15 is 0 Å². The molecule has 13 heavy (non-hydrogen) atoms. The first-order chi connectivity index (χ1) is 6.05. The zero-order chi connectivity index (χ0) is 9.90. The number of carbonyl (C=O) groups excluding carboxylic acids is 1. The van der Waals surface area contributed by atoms with Gasteiger partial charge in [-0.05, 0) is 6.42 Å². The summed E-state index contributed by atoms with van der Waals surface area (Å²) in [5.41, 5.74) is 0. The fourth-order valence-electron chi connectivity index (χ4n) is 1.28. The summed E-state index contributed by atoms with van der Waals surface area (Å²) >= 11 is 0. The molecule has 0 saturated carbocycles. The van der Waals surface area contributed by atoms with E-state index in [1.165, 1.54) is 0 Å². The molecule has 0 aromatic heterocycles. The molecule has 1 amide bonds. The van der Waals surface area contributed by atoms with E-state index in [1.807, 2.05) is 0 Å². The second-order valence-electron chi connectivity index (χ2n) is 3.02. The molecule has 1 aliphatic heterocycles. The Morgan fingerprint density at radius 1 is 1.62 bits per heavy atom. The number of terminal acetylenes is 1. The van der Waals surface area contributed by atoms with Gasteiger partial charge in [0.05, 0.1) is 24.0 Å². The van der Waals surface area contributed by atoms with Gasteiger partial charge in [-0.25, -0.2) is 8.42 Å². The van der Waals surface area contributed by atoms with Crippen LogP contribution in [0.15, 0.2) is 0 Å². The van der Waals surface area contributed by atoms with Crippen LogP contribution in [0.1, 0.15) is 6.42 Å². The van der Waals surface area contributed by atoms with E-state index in [0.717, 1.165) is 0 Å². The molecule has 1 fully saturated rings. The van der Waals surface area contributed by atoms with Crippen molar-refractivity contribution < 1.29 is 13.2 Å². The summed E-state index contributed by atoms with van der Waals surface area (Å²) in [5, 5.41) is 2.47. The summed E-state index contributed by atoms with van der Waals surface area (Å²) in [4.78, 5) is 11.2. The molecule has 0 aliphatic carbocycles. The third-order valence-corrected chi connectivity index (χ3v) is 3.74. The lowest BCUT2D eigenvalue weighted by Gasteiger charge is -2.05. The average molecular weight is 201 g/mol. The number of hydrogen-bond donors (Lipinski definition) is 1. The first-order valence-electron chi connectivity index (χ1n) is 3.97. The van der Waals surface area contributed by atoms with Crippen molar-refractivity contribution in [1.82, 2.24) is 5.32 Å². The Labute approximate surface area is 77.6 Å². The van der Waals surface area contributed by atoms with Crippen molar-refractivity contribution in [3.63, 3.8) is 0 Å². The number of amides is 1. The summed E-state index contributed by atoms with van der Waals surface area (Å²) in [7, 11) is -2.98. The van der Waals surface area contributed by atoms with E-state index < -0.39 is 15.8 Å². The second kappa shape index (κ2) is 3.79. The molecule has 0 aromatic carbocycles. The van der Waals surface area contributed by atoms with Gasteiger partial charge >= 0.3 is 0 Å². The second-order valence-corrected chi connectivity index (χ2v) is 5.25. The Hall–Kier alpha value is -1.02. The molecule has 1 saturated heterocycles. The van der Waals surface area contributed by atoms with E-state index in [0.29, 0.717) is 6.42 Å². The Balaban J connectivity index is 2.48. The summed E-state index contributed by atoms with van der Waals surface area (Å²) < 4.78 is 22.0. The van der Waals surface area contributed by atoms with Crippen LogP contribution in [0.4, 0.5) is 0 Å². The van der Waals surface area contributed by atoms with Crippen molar-refractivity contribution in [2.75, 3.05) is 18.1 Å². The highest BCUT2D eigenvalue weighted by atomic mass is 32.2. The molecule has 1 N–H and O–H groups in total. The van der Waals surface area contributed by atoms with Gasteiger partial charge in [-0.1, -0.05) is 5.92 Å². The minimum Gasteiger partial charge on any atom is -0.345 e. The SMILES string of the molecule is C#CCNC(=O)C1CCS(=O)(=O)C1. The van der Waals surface area contributed by atoms with E-state index in [2.05, 4.69) is 11.2 Å². The van der Waals surface area contributed by atoms with Gasteiger partial charge in [0.25, 0.3) is 0 Å². The highest BCUT2D eigenvalue weighted by Crippen LogP contribution is 2.17. The predicted molar refractivity (Wildman–Crippen MR) is 48.6 cm³/mol. The summed E-state index contributed by atoms with van der Waals surface area (Å²) in [6.07, 6.45) is 5.36. The van der Waals surface area contributed by atoms with Gasteiger partial charge in [0, 0.05) is 0 Å². The average Bonchev–Trinajstić information content (AvgIpc) is 2.42. The Morgan fingerprint density at radius 3 is 2.77 bits per heavy atom. The van der Waals surface area contributed by atoms with Crippen molar-refractivity contribution in [3.05, 3.63) is 0 Å². The lowest BCUT2D eigenvalue weighted by Crippen LogP contribution is -2.31. The molecule has 0 bridgehead atoms. The van der Waals surface area contributed by atoms with Crippen molar-refractivity contribution in [2.45, 2.75) is 6.42 Å². The van der Waals surface area contributed by atoms with Gasteiger partial charge in [-0.15, -0.1) is 6.42 Å². The molecular weight excluding hydrogens is 190 g/mol. The van der Waals surface area contributed by atoms with E-state index in [1.54, 1.807) is 0 Å². The van der Waals surface area contributed by atoms with Gasteiger partial charge in [-0.3, -0.25) is 4.79 Å². The maximum Gasteiger partial charge on any atom is 0.224 e. The Kier molecular flexibility index (Phi) is 2.94. The van der Waals surface area contributed by atoms with Gasteiger partial charge in [0.1, 0.15) is 0 Å². The minimum atomic E-state index is -2.98. The van der Waals surface area contributed by atoms with Gasteiger partial charge < -0.3 is 5.32 Å². The molecule has 0 spiro atoms. The van der Waals surface area contributed by atoms with Gasteiger partial charge in [0.15, 0.2) is 9.84 Å². The van der Waals surface area contributed by atoms with Crippen molar-refractivity contribution in [2.24, 2.45) is 5.92 Å². The topological polar surface area (TPSA) is 63.2 Å². The molecule has 0 aromatic rings. The van der Waals surface area contributed by atoms with Crippen LogP contribution in [0, 0.1) is 18.3 Å². The van der Waals surface area contributed by atoms with Crippen LogP contribution >= 0.6 is 0 Å².